The molecule has 2 aromatic rings. The maximum atomic E-state index is 12.6. The van der Waals surface area contributed by atoms with E-state index in [1.54, 1.807) is 23.6 Å². The molecule has 116 valence electrons. The summed E-state index contributed by atoms with van der Waals surface area (Å²) in [5.41, 5.74) is 1.77. The Bertz CT molecular complexity index is 843. The first kappa shape index (κ1) is 15.5. The van der Waals surface area contributed by atoms with Crippen LogP contribution in [0.2, 0.25) is 5.02 Å². The number of nitrogens with zero attached hydrogens (tertiary/aromatic N) is 1. The van der Waals surface area contributed by atoms with Crippen LogP contribution in [0.4, 0.5) is 10.5 Å². The summed E-state index contributed by atoms with van der Waals surface area (Å²) in [6, 6.07) is 5.82. The monoisotopic (exact) mass is 346 g/mol. The number of anilines is 1. The van der Waals surface area contributed by atoms with Gasteiger partial charge in [0.25, 0.3) is 11.8 Å². The van der Waals surface area contributed by atoms with E-state index in [4.69, 9.17) is 11.6 Å². The van der Waals surface area contributed by atoms with E-state index < -0.39 is 17.8 Å². The first-order chi connectivity index (χ1) is 11.0. The van der Waals surface area contributed by atoms with Gasteiger partial charge in [0.05, 0.1) is 5.69 Å². The van der Waals surface area contributed by atoms with Crippen molar-refractivity contribution in [3.8, 4) is 0 Å². The molecule has 1 fully saturated rings. The molecule has 0 radical (unpaired) electrons. The summed E-state index contributed by atoms with van der Waals surface area (Å²) in [5, 5.41) is 6.24. The van der Waals surface area contributed by atoms with Crippen LogP contribution in [0, 0.1) is 6.92 Å². The molecule has 0 unspecified atom stereocenters. The van der Waals surface area contributed by atoms with Crippen molar-refractivity contribution in [3.63, 3.8) is 0 Å². The lowest BCUT2D eigenvalue weighted by atomic mass is 10.1. The number of halogens is 1. The van der Waals surface area contributed by atoms with Crippen molar-refractivity contribution in [1.29, 1.82) is 0 Å². The third-order valence-corrected chi connectivity index (χ3v) is 4.48. The molecule has 1 N–H and O–H groups in total. The van der Waals surface area contributed by atoms with Gasteiger partial charge in [0.15, 0.2) is 0 Å². The number of benzene rings is 1. The minimum atomic E-state index is -0.789. The predicted octanol–water partition coefficient (Wildman–Crippen LogP) is 3.38. The van der Waals surface area contributed by atoms with Gasteiger partial charge in [0.2, 0.25) is 0 Å². The van der Waals surface area contributed by atoms with Crippen LogP contribution in [0.25, 0.3) is 6.08 Å². The standard InChI is InChI=1S/C16H11ClN2O3S/c1-9-2-3-11(7-13(9)17)19-15(21)12(14(20)18-16(19)22)6-10-4-5-23-8-10/h2-8H,1H3,(H,18,20,22). The van der Waals surface area contributed by atoms with E-state index >= 15 is 0 Å². The Morgan fingerprint density at radius 1 is 1.22 bits per heavy atom. The quantitative estimate of drug-likeness (QED) is 0.669. The molecular weight excluding hydrogens is 336 g/mol. The van der Waals surface area contributed by atoms with Gasteiger partial charge in [-0.15, -0.1) is 0 Å². The number of aryl methyl sites for hydroxylation is 1. The van der Waals surface area contributed by atoms with Crippen LogP contribution < -0.4 is 10.2 Å². The highest BCUT2D eigenvalue weighted by molar-refractivity contribution is 7.08. The van der Waals surface area contributed by atoms with Crippen molar-refractivity contribution in [3.05, 3.63) is 56.7 Å². The number of hydrogen-bond donors (Lipinski definition) is 1. The minimum Gasteiger partial charge on any atom is -0.273 e. The Morgan fingerprint density at radius 2 is 2.00 bits per heavy atom. The minimum absolute atomic E-state index is 0.0975. The fraction of sp³-hybridized carbons (Fsp3) is 0.0625. The van der Waals surface area contributed by atoms with Crippen molar-refractivity contribution >= 4 is 52.5 Å². The average Bonchev–Trinajstić information content (AvgIpc) is 3.00. The van der Waals surface area contributed by atoms with E-state index in [1.807, 2.05) is 12.3 Å². The zero-order valence-electron chi connectivity index (χ0n) is 12.0. The summed E-state index contributed by atoms with van der Waals surface area (Å²) < 4.78 is 0. The first-order valence-corrected chi connectivity index (χ1v) is 7.99. The number of rotatable bonds is 2. The fourth-order valence-corrected chi connectivity index (χ4v) is 2.93. The van der Waals surface area contributed by atoms with E-state index in [-0.39, 0.29) is 5.57 Å². The number of barbiturate groups is 1. The van der Waals surface area contributed by atoms with Crippen LogP contribution in [-0.2, 0) is 9.59 Å². The lowest BCUT2D eigenvalue weighted by molar-refractivity contribution is -0.122. The topological polar surface area (TPSA) is 66.5 Å². The smallest absolute Gasteiger partial charge is 0.273 e. The van der Waals surface area contributed by atoms with Gasteiger partial charge in [-0.05, 0) is 53.1 Å². The Labute approximate surface area is 141 Å². The van der Waals surface area contributed by atoms with Gasteiger partial charge in [0, 0.05) is 5.02 Å². The first-order valence-electron chi connectivity index (χ1n) is 6.67. The van der Waals surface area contributed by atoms with Crippen LogP contribution in [0.1, 0.15) is 11.1 Å². The van der Waals surface area contributed by atoms with Crippen LogP contribution in [0.5, 0.6) is 0 Å². The third kappa shape index (κ3) is 2.91. The van der Waals surface area contributed by atoms with Gasteiger partial charge in [0.1, 0.15) is 5.57 Å². The lowest BCUT2D eigenvalue weighted by Crippen LogP contribution is -2.54. The van der Waals surface area contributed by atoms with Crippen LogP contribution in [0.3, 0.4) is 0 Å². The average molecular weight is 347 g/mol. The maximum Gasteiger partial charge on any atom is 0.335 e. The Balaban J connectivity index is 2.03. The Hall–Kier alpha value is -2.44. The van der Waals surface area contributed by atoms with Crippen LogP contribution in [0.15, 0.2) is 40.6 Å². The second-order valence-corrected chi connectivity index (χ2v) is 6.14. The summed E-state index contributed by atoms with van der Waals surface area (Å²) in [6.45, 7) is 1.82. The van der Waals surface area contributed by atoms with E-state index in [0.29, 0.717) is 10.7 Å². The van der Waals surface area contributed by atoms with Crippen molar-refractivity contribution in [1.82, 2.24) is 5.32 Å². The van der Waals surface area contributed by atoms with Crippen LogP contribution >= 0.6 is 22.9 Å². The zero-order valence-corrected chi connectivity index (χ0v) is 13.6. The number of amides is 4. The second-order valence-electron chi connectivity index (χ2n) is 4.95. The Morgan fingerprint density at radius 3 is 2.65 bits per heavy atom. The Kier molecular flexibility index (Phi) is 4.02. The van der Waals surface area contributed by atoms with Crippen molar-refractivity contribution < 1.29 is 14.4 Å². The summed E-state index contributed by atoms with van der Waals surface area (Å²) in [7, 11) is 0. The molecule has 1 aromatic carbocycles. The number of urea groups is 1. The van der Waals surface area contributed by atoms with E-state index in [0.717, 1.165) is 16.0 Å². The van der Waals surface area contributed by atoms with E-state index in [1.165, 1.54) is 23.5 Å². The largest absolute Gasteiger partial charge is 0.335 e. The maximum absolute atomic E-state index is 12.6. The molecule has 2 heterocycles. The van der Waals surface area contributed by atoms with Gasteiger partial charge in [-0.2, -0.15) is 11.3 Å². The van der Waals surface area contributed by atoms with Gasteiger partial charge < -0.3 is 0 Å². The molecule has 3 rings (SSSR count). The summed E-state index contributed by atoms with van der Waals surface area (Å²) in [4.78, 5) is 37.5. The normalized spacial score (nSPS) is 16.9. The highest BCUT2D eigenvalue weighted by Crippen LogP contribution is 2.26. The molecule has 1 aromatic heterocycles. The molecule has 0 saturated carbocycles. The number of nitrogens with one attached hydrogen (secondary N) is 1. The molecule has 1 saturated heterocycles. The van der Waals surface area contributed by atoms with Gasteiger partial charge >= 0.3 is 6.03 Å². The number of thiophene rings is 1. The summed E-state index contributed by atoms with van der Waals surface area (Å²) in [6.07, 6.45) is 1.46. The van der Waals surface area contributed by atoms with Gasteiger partial charge in [-0.25, -0.2) is 9.69 Å². The molecule has 1 aliphatic rings. The molecule has 0 atom stereocenters. The number of carbonyl (C=O) groups excluding carboxylic acids is 3. The molecule has 1 aliphatic heterocycles. The van der Waals surface area contributed by atoms with Gasteiger partial charge in [-0.3, -0.25) is 14.9 Å². The zero-order chi connectivity index (χ0) is 16.6. The van der Waals surface area contributed by atoms with Crippen molar-refractivity contribution in [2.75, 3.05) is 4.90 Å². The predicted molar refractivity (Wildman–Crippen MR) is 89.5 cm³/mol. The molecule has 4 amide bonds. The fourth-order valence-electron chi connectivity index (χ4n) is 2.14. The van der Waals surface area contributed by atoms with Gasteiger partial charge in [-0.1, -0.05) is 17.7 Å². The molecule has 0 bridgehead atoms. The number of imide groups is 2. The lowest BCUT2D eigenvalue weighted by Gasteiger charge is -2.26. The highest BCUT2D eigenvalue weighted by atomic mass is 35.5. The molecule has 23 heavy (non-hydrogen) atoms. The highest BCUT2D eigenvalue weighted by Gasteiger charge is 2.36. The van der Waals surface area contributed by atoms with E-state index in [2.05, 4.69) is 5.32 Å². The number of hydrogen-bond acceptors (Lipinski definition) is 4. The summed E-state index contributed by atoms with van der Waals surface area (Å²) in [5.74, 6) is -1.38. The molecule has 5 nitrogen and oxygen atoms in total. The SMILES string of the molecule is Cc1ccc(N2C(=O)NC(=O)C(=Cc3ccsc3)C2=O)cc1Cl. The second kappa shape index (κ2) is 5.98. The third-order valence-electron chi connectivity index (χ3n) is 3.37. The van der Waals surface area contributed by atoms with Crippen LogP contribution in [-0.4, -0.2) is 17.8 Å². The summed E-state index contributed by atoms with van der Waals surface area (Å²) >= 11 is 7.51. The number of carbonyl (C=O) groups is 3. The molecule has 7 heteroatoms. The van der Waals surface area contributed by atoms with Crippen molar-refractivity contribution in [2.45, 2.75) is 6.92 Å². The molecule has 0 spiro atoms. The molecular formula is C16H11ClN2O3S. The van der Waals surface area contributed by atoms with Crippen molar-refractivity contribution in [2.24, 2.45) is 0 Å². The van der Waals surface area contributed by atoms with E-state index in [9.17, 15) is 14.4 Å². The molecule has 0 aliphatic carbocycles.